The minimum Gasteiger partial charge on any atom is -0.378 e. The smallest absolute Gasteiger partial charge is 0.258 e. The van der Waals surface area contributed by atoms with Crippen molar-refractivity contribution in [1.82, 2.24) is 15.2 Å². The number of hydrogen-bond donors (Lipinski definition) is 1. The van der Waals surface area contributed by atoms with Gasteiger partial charge in [-0.3, -0.25) is 15.1 Å². The van der Waals surface area contributed by atoms with Gasteiger partial charge in [0.2, 0.25) is 0 Å². The van der Waals surface area contributed by atoms with Crippen LogP contribution in [0.4, 0.5) is 0 Å². The van der Waals surface area contributed by atoms with E-state index in [0.717, 1.165) is 0 Å². The lowest BCUT2D eigenvalue weighted by Crippen LogP contribution is -2.47. The summed E-state index contributed by atoms with van der Waals surface area (Å²) in [6, 6.07) is 3.41. The molecule has 0 radical (unpaired) electrons. The van der Waals surface area contributed by atoms with Crippen molar-refractivity contribution in [2.45, 2.75) is 0 Å². The lowest BCUT2D eigenvalue weighted by atomic mass is 10.3. The predicted octanol–water partition coefficient (Wildman–Crippen LogP) is 0.428. The molecule has 2 rings (SSSR count). The minimum absolute atomic E-state index is 0.227. The van der Waals surface area contributed by atoms with E-state index in [4.69, 9.17) is 17.0 Å². The van der Waals surface area contributed by atoms with Crippen LogP contribution in [-0.4, -0.2) is 47.2 Å². The Hall–Kier alpha value is -1.53. The molecule has 2 heterocycles. The number of morpholine rings is 1. The third kappa shape index (κ3) is 3.21. The van der Waals surface area contributed by atoms with Gasteiger partial charge in [-0.15, -0.1) is 0 Å². The van der Waals surface area contributed by atoms with E-state index < -0.39 is 0 Å². The van der Waals surface area contributed by atoms with Gasteiger partial charge < -0.3 is 9.64 Å². The van der Waals surface area contributed by atoms with E-state index in [1.54, 1.807) is 18.3 Å². The molecule has 0 unspecified atom stereocenters. The molecule has 0 saturated carbocycles. The SMILES string of the molecule is O=C(NC(=S)N1CCOCC1)c1cccnc1. The Balaban J connectivity index is 1.92. The molecule has 0 spiro atoms. The number of rotatable bonds is 1. The molecule has 0 aromatic carbocycles. The average Bonchev–Trinajstić information content (AvgIpc) is 2.40. The van der Waals surface area contributed by atoms with Gasteiger partial charge in [-0.25, -0.2) is 0 Å². The number of carbonyl (C=O) groups is 1. The molecule has 0 bridgehead atoms. The number of nitrogens with zero attached hydrogens (tertiary/aromatic N) is 2. The summed E-state index contributed by atoms with van der Waals surface area (Å²) in [6.45, 7) is 2.71. The predicted molar refractivity (Wildman–Crippen MR) is 66.7 cm³/mol. The Kier molecular flexibility index (Phi) is 4.00. The molecule has 1 saturated heterocycles. The van der Waals surface area contributed by atoms with E-state index in [1.807, 2.05) is 4.90 Å². The highest BCUT2D eigenvalue weighted by Gasteiger charge is 2.16. The van der Waals surface area contributed by atoms with Crippen LogP contribution in [0.1, 0.15) is 10.4 Å². The van der Waals surface area contributed by atoms with Gasteiger partial charge in [-0.2, -0.15) is 0 Å². The number of aromatic nitrogens is 1. The van der Waals surface area contributed by atoms with Crippen LogP contribution < -0.4 is 5.32 Å². The van der Waals surface area contributed by atoms with Crippen LogP contribution in [-0.2, 0) is 4.74 Å². The van der Waals surface area contributed by atoms with Gasteiger partial charge in [0.15, 0.2) is 5.11 Å². The summed E-state index contributed by atoms with van der Waals surface area (Å²) in [6.07, 6.45) is 3.13. The van der Waals surface area contributed by atoms with E-state index in [0.29, 0.717) is 37.0 Å². The van der Waals surface area contributed by atoms with Crippen molar-refractivity contribution in [3.05, 3.63) is 30.1 Å². The molecule has 1 aromatic heterocycles. The van der Waals surface area contributed by atoms with Crippen molar-refractivity contribution >= 4 is 23.2 Å². The molecule has 1 N–H and O–H groups in total. The largest absolute Gasteiger partial charge is 0.378 e. The molecule has 6 heteroatoms. The maximum atomic E-state index is 11.8. The molecule has 1 fully saturated rings. The summed E-state index contributed by atoms with van der Waals surface area (Å²) in [5.74, 6) is -0.227. The Morgan fingerprint density at radius 2 is 2.24 bits per heavy atom. The van der Waals surface area contributed by atoms with Gasteiger partial charge in [-0.05, 0) is 24.4 Å². The Morgan fingerprint density at radius 1 is 1.47 bits per heavy atom. The monoisotopic (exact) mass is 251 g/mol. The van der Waals surface area contributed by atoms with E-state index in [2.05, 4.69) is 10.3 Å². The van der Waals surface area contributed by atoms with E-state index >= 15 is 0 Å². The standard InChI is InChI=1S/C11H13N3O2S/c15-10(9-2-1-3-12-8-9)13-11(17)14-4-6-16-7-5-14/h1-3,8H,4-7H2,(H,13,15,17). The molecular formula is C11H13N3O2S. The number of ether oxygens (including phenoxy) is 1. The van der Waals surface area contributed by atoms with Crippen LogP contribution in [0.5, 0.6) is 0 Å². The first-order valence-corrected chi connectivity index (χ1v) is 5.76. The molecule has 1 aliphatic rings. The fourth-order valence-corrected chi connectivity index (χ4v) is 1.79. The Labute approximate surface area is 105 Å². The van der Waals surface area contributed by atoms with Crippen LogP contribution in [0.25, 0.3) is 0 Å². The van der Waals surface area contributed by atoms with Crippen molar-refractivity contribution < 1.29 is 9.53 Å². The number of amides is 1. The highest BCUT2D eigenvalue weighted by Crippen LogP contribution is 2.00. The fraction of sp³-hybridized carbons (Fsp3) is 0.364. The molecule has 0 aliphatic carbocycles. The van der Waals surface area contributed by atoms with Crippen LogP contribution in [0.15, 0.2) is 24.5 Å². The first kappa shape index (κ1) is 11.9. The molecule has 1 amide bonds. The molecular weight excluding hydrogens is 238 g/mol. The number of pyridine rings is 1. The summed E-state index contributed by atoms with van der Waals surface area (Å²) < 4.78 is 5.22. The quantitative estimate of drug-likeness (QED) is 0.734. The zero-order valence-corrected chi connectivity index (χ0v) is 10.1. The van der Waals surface area contributed by atoms with Gasteiger partial charge in [-0.1, -0.05) is 0 Å². The van der Waals surface area contributed by atoms with Crippen molar-refractivity contribution in [2.24, 2.45) is 0 Å². The molecule has 1 aromatic rings. The van der Waals surface area contributed by atoms with Crippen LogP contribution in [0.2, 0.25) is 0 Å². The first-order valence-electron chi connectivity index (χ1n) is 5.35. The molecule has 0 atom stereocenters. The van der Waals surface area contributed by atoms with E-state index in [9.17, 15) is 4.79 Å². The van der Waals surface area contributed by atoms with Gasteiger partial charge in [0.25, 0.3) is 5.91 Å². The summed E-state index contributed by atoms with van der Waals surface area (Å²) >= 11 is 5.17. The minimum atomic E-state index is -0.227. The van der Waals surface area contributed by atoms with Crippen LogP contribution in [0.3, 0.4) is 0 Å². The highest BCUT2D eigenvalue weighted by atomic mass is 32.1. The topological polar surface area (TPSA) is 54.5 Å². The number of carbonyl (C=O) groups excluding carboxylic acids is 1. The van der Waals surface area contributed by atoms with Crippen molar-refractivity contribution in [3.8, 4) is 0 Å². The summed E-state index contributed by atoms with van der Waals surface area (Å²) in [7, 11) is 0. The summed E-state index contributed by atoms with van der Waals surface area (Å²) in [5, 5.41) is 3.14. The second-order valence-corrected chi connectivity index (χ2v) is 3.99. The zero-order valence-electron chi connectivity index (χ0n) is 9.26. The van der Waals surface area contributed by atoms with Gasteiger partial charge >= 0.3 is 0 Å². The van der Waals surface area contributed by atoms with Crippen molar-refractivity contribution in [3.63, 3.8) is 0 Å². The second kappa shape index (κ2) is 5.70. The lowest BCUT2D eigenvalue weighted by Gasteiger charge is -2.28. The number of thiocarbonyl (C=S) groups is 1. The summed E-state index contributed by atoms with van der Waals surface area (Å²) in [4.78, 5) is 17.6. The third-order valence-electron chi connectivity index (χ3n) is 2.44. The van der Waals surface area contributed by atoms with Gasteiger partial charge in [0.05, 0.1) is 18.8 Å². The van der Waals surface area contributed by atoms with Crippen molar-refractivity contribution in [2.75, 3.05) is 26.3 Å². The van der Waals surface area contributed by atoms with Gasteiger partial charge in [0, 0.05) is 25.5 Å². The molecule has 90 valence electrons. The normalized spacial score (nSPS) is 15.4. The Morgan fingerprint density at radius 3 is 2.88 bits per heavy atom. The van der Waals surface area contributed by atoms with Crippen molar-refractivity contribution in [1.29, 1.82) is 0 Å². The van der Waals surface area contributed by atoms with Gasteiger partial charge in [0.1, 0.15) is 0 Å². The first-order chi connectivity index (χ1) is 8.27. The number of hydrogen-bond acceptors (Lipinski definition) is 4. The van der Waals surface area contributed by atoms with Crippen LogP contribution >= 0.6 is 12.2 Å². The fourth-order valence-electron chi connectivity index (χ4n) is 1.51. The maximum absolute atomic E-state index is 11.8. The molecule has 1 aliphatic heterocycles. The average molecular weight is 251 g/mol. The summed E-state index contributed by atoms with van der Waals surface area (Å²) in [5.41, 5.74) is 0.503. The highest BCUT2D eigenvalue weighted by molar-refractivity contribution is 7.80. The van der Waals surface area contributed by atoms with Crippen LogP contribution in [0, 0.1) is 0 Å². The second-order valence-electron chi connectivity index (χ2n) is 3.60. The molecule has 5 nitrogen and oxygen atoms in total. The number of nitrogens with one attached hydrogen (secondary N) is 1. The molecule has 17 heavy (non-hydrogen) atoms. The van der Waals surface area contributed by atoms with E-state index in [1.165, 1.54) is 6.20 Å². The van der Waals surface area contributed by atoms with E-state index in [-0.39, 0.29) is 5.91 Å². The third-order valence-corrected chi connectivity index (χ3v) is 2.80. The maximum Gasteiger partial charge on any atom is 0.258 e. The zero-order chi connectivity index (χ0) is 12.1. The Bertz CT molecular complexity index is 404. The lowest BCUT2D eigenvalue weighted by molar-refractivity contribution is 0.0669.